The minimum atomic E-state index is -0.613. The summed E-state index contributed by atoms with van der Waals surface area (Å²) in [6.07, 6.45) is 1.62. The number of benzene rings is 3. The molecule has 3 aromatic carbocycles. The number of hydrogen-bond donors (Lipinski definition) is 0. The van der Waals surface area contributed by atoms with Crippen molar-refractivity contribution in [2.75, 3.05) is 0 Å². The maximum atomic E-state index is 14.0. The van der Waals surface area contributed by atoms with Crippen LogP contribution in [-0.4, -0.2) is 11.9 Å². The molecule has 0 aliphatic carbocycles. The molecule has 4 rings (SSSR count). The predicted molar refractivity (Wildman–Crippen MR) is 137 cm³/mol. The monoisotopic (exact) mass is 703 g/mol. The van der Waals surface area contributed by atoms with Crippen molar-refractivity contribution in [3.05, 3.63) is 100 Å². The molecule has 0 bridgehead atoms. The Hall–Kier alpha value is -1.79. The van der Waals surface area contributed by atoms with Crippen molar-refractivity contribution < 1.29 is 18.7 Å². The summed E-state index contributed by atoms with van der Waals surface area (Å²) in [5.41, 5.74) is 2.09. The van der Waals surface area contributed by atoms with Gasteiger partial charge in [-0.05, 0) is 98.8 Å². The van der Waals surface area contributed by atoms with Crippen LogP contribution in [0.1, 0.15) is 16.7 Å². The molecule has 1 aliphatic heterocycles. The number of hydrogen-bond acceptors (Lipinski definition) is 4. The maximum Gasteiger partial charge on any atom is 0.363 e. The van der Waals surface area contributed by atoms with Gasteiger partial charge in [-0.25, -0.2) is 14.2 Å². The van der Waals surface area contributed by atoms with E-state index in [0.717, 1.165) is 28.5 Å². The summed E-state index contributed by atoms with van der Waals surface area (Å²) in [7, 11) is 0. The van der Waals surface area contributed by atoms with Crippen molar-refractivity contribution >= 4 is 79.1 Å². The van der Waals surface area contributed by atoms with E-state index >= 15 is 0 Å². The van der Waals surface area contributed by atoms with Crippen molar-refractivity contribution in [3.8, 4) is 5.75 Å². The molecular formula is C23H13BrFI2NO3. The normalized spacial score (nSPS) is 14.5. The molecule has 0 radical (unpaired) electrons. The number of cyclic esters (lactones) is 1. The number of halogens is 4. The van der Waals surface area contributed by atoms with Gasteiger partial charge in [0.05, 0.1) is 12.7 Å². The molecule has 156 valence electrons. The lowest BCUT2D eigenvalue weighted by atomic mass is 10.2. The molecule has 3 aromatic rings. The molecule has 1 heterocycles. The van der Waals surface area contributed by atoms with Gasteiger partial charge >= 0.3 is 5.97 Å². The first-order valence-electron chi connectivity index (χ1n) is 9.04. The van der Waals surface area contributed by atoms with E-state index in [-0.39, 0.29) is 17.2 Å². The topological polar surface area (TPSA) is 47.9 Å². The first-order chi connectivity index (χ1) is 14.9. The predicted octanol–water partition coefficient (Wildman–Crippen LogP) is 6.72. The molecule has 8 heteroatoms. The Bertz CT molecular complexity index is 1220. The summed E-state index contributed by atoms with van der Waals surface area (Å²) in [5, 5.41) is 0. The van der Waals surface area contributed by atoms with E-state index < -0.39 is 11.8 Å². The quantitative estimate of drug-likeness (QED) is 0.169. The van der Waals surface area contributed by atoms with E-state index in [1.165, 1.54) is 12.1 Å². The lowest BCUT2D eigenvalue weighted by molar-refractivity contribution is -0.129. The highest BCUT2D eigenvalue weighted by atomic mass is 127. The third-order valence-corrected chi connectivity index (χ3v) is 6.42. The highest BCUT2D eigenvalue weighted by Gasteiger charge is 2.26. The van der Waals surface area contributed by atoms with E-state index in [9.17, 15) is 9.18 Å². The van der Waals surface area contributed by atoms with E-state index in [0.29, 0.717) is 6.61 Å². The van der Waals surface area contributed by atoms with Gasteiger partial charge in [0.1, 0.15) is 18.2 Å². The number of carbonyl (C=O) groups is 1. The van der Waals surface area contributed by atoms with Crippen LogP contribution in [0, 0.1) is 13.0 Å². The third-order valence-electron chi connectivity index (χ3n) is 4.32. The Morgan fingerprint density at radius 2 is 1.81 bits per heavy atom. The number of esters is 1. The molecule has 1 aliphatic rings. The van der Waals surface area contributed by atoms with E-state index in [1.807, 2.05) is 36.4 Å². The molecule has 0 aromatic heterocycles. The van der Waals surface area contributed by atoms with Gasteiger partial charge in [0, 0.05) is 4.47 Å². The van der Waals surface area contributed by atoms with Crippen molar-refractivity contribution in [1.82, 2.24) is 0 Å². The highest BCUT2D eigenvalue weighted by molar-refractivity contribution is 14.1. The number of nitrogens with zero attached hydrogens (tertiary/aromatic N) is 1. The number of carbonyl (C=O) groups excluding carboxylic acids is 1. The second kappa shape index (κ2) is 9.78. The van der Waals surface area contributed by atoms with Crippen LogP contribution in [0.2, 0.25) is 0 Å². The average molecular weight is 704 g/mol. The Balaban J connectivity index is 1.57. The Kier molecular flexibility index (Phi) is 7.07. The van der Waals surface area contributed by atoms with Gasteiger partial charge < -0.3 is 9.47 Å². The second-order valence-electron chi connectivity index (χ2n) is 6.55. The molecule has 31 heavy (non-hydrogen) atoms. The lowest BCUT2D eigenvalue weighted by Gasteiger charge is -2.12. The molecule has 0 saturated heterocycles. The molecule has 0 fully saturated rings. The van der Waals surface area contributed by atoms with Crippen molar-refractivity contribution in [2.24, 2.45) is 4.99 Å². The molecule has 0 amide bonds. The van der Waals surface area contributed by atoms with Gasteiger partial charge in [-0.15, -0.1) is 0 Å². The van der Waals surface area contributed by atoms with Gasteiger partial charge in [0.25, 0.3) is 0 Å². The lowest BCUT2D eigenvalue weighted by Crippen LogP contribution is -2.07. The summed E-state index contributed by atoms with van der Waals surface area (Å²) < 4.78 is 28.0. The zero-order valence-electron chi connectivity index (χ0n) is 15.7. The molecule has 0 unspecified atom stereocenters. The maximum absolute atomic E-state index is 14.0. The summed E-state index contributed by atoms with van der Waals surface area (Å²) in [4.78, 5) is 16.4. The van der Waals surface area contributed by atoms with Crippen LogP contribution in [0.3, 0.4) is 0 Å². The fraction of sp³-hybridized carbons (Fsp3) is 0.0435. The Morgan fingerprint density at radius 3 is 2.52 bits per heavy atom. The van der Waals surface area contributed by atoms with Crippen LogP contribution in [-0.2, 0) is 16.1 Å². The van der Waals surface area contributed by atoms with E-state index in [2.05, 4.69) is 66.1 Å². The molecular weight excluding hydrogens is 691 g/mol. The number of ether oxygens (including phenoxy) is 2. The fourth-order valence-electron chi connectivity index (χ4n) is 2.90. The molecule has 4 nitrogen and oxygen atoms in total. The van der Waals surface area contributed by atoms with Crippen LogP contribution in [0.15, 0.2) is 75.8 Å². The largest absolute Gasteiger partial charge is 0.487 e. The standard InChI is InChI=1S/C23H13BrFI2NO3/c24-15-5-3-4-13(8-15)12-30-21-18(26)9-14(10-19(21)27)11-20-23(29)31-22(28-20)16-6-1-2-7-17(16)25/h1-11H,12H2. The van der Waals surface area contributed by atoms with E-state index in [4.69, 9.17) is 9.47 Å². The third kappa shape index (κ3) is 5.35. The molecule has 0 saturated carbocycles. The van der Waals surface area contributed by atoms with Gasteiger partial charge in [-0.1, -0.05) is 40.2 Å². The van der Waals surface area contributed by atoms with Crippen molar-refractivity contribution in [3.63, 3.8) is 0 Å². The molecule has 0 N–H and O–H groups in total. The Morgan fingerprint density at radius 1 is 1.06 bits per heavy atom. The van der Waals surface area contributed by atoms with Gasteiger partial charge in [0.2, 0.25) is 5.90 Å². The second-order valence-corrected chi connectivity index (χ2v) is 9.79. The zero-order valence-corrected chi connectivity index (χ0v) is 21.6. The van der Waals surface area contributed by atoms with Crippen LogP contribution in [0.4, 0.5) is 4.39 Å². The smallest absolute Gasteiger partial charge is 0.363 e. The minimum absolute atomic E-state index is 0.0345. The minimum Gasteiger partial charge on any atom is -0.487 e. The molecule has 0 spiro atoms. The molecule has 0 atom stereocenters. The van der Waals surface area contributed by atoms with Crippen LogP contribution < -0.4 is 4.74 Å². The summed E-state index contributed by atoms with van der Waals surface area (Å²) in [6, 6.07) is 17.8. The Labute approximate surface area is 214 Å². The number of aliphatic imine (C=N–C) groups is 1. The summed E-state index contributed by atoms with van der Waals surface area (Å²) >= 11 is 7.86. The van der Waals surface area contributed by atoms with Crippen LogP contribution in [0.5, 0.6) is 5.75 Å². The van der Waals surface area contributed by atoms with Gasteiger partial charge in [-0.3, -0.25) is 0 Å². The SMILES string of the molecule is O=C1OC(c2ccccc2F)=NC1=Cc1cc(I)c(OCc2cccc(Br)c2)c(I)c1. The summed E-state index contributed by atoms with van der Waals surface area (Å²) in [5.74, 6) is -0.370. The van der Waals surface area contributed by atoms with E-state index in [1.54, 1.807) is 18.2 Å². The first kappa shape index (κ1) is 22.4. The van der Waals surface area contributed by atoms with Gasteiger partial charge in [-0.2, -0.15) is 0 Å². The van der Waals surface area contributed by atoms with Gasteiger partial charge in [0.15, 0.2) is 5.70 Å². The van der Waals surface area contributed by atoms with Crippen LogP contribution in [0.25, 0.3) is 6.08 Å². The number of rotatable bonds is 5. The zero-order chi connectivity index (χ0) is 22.0. The first-order valence-corrected chi connectivity index (χ1v) is 12.0. The fourth-order valence-corrected chi connectivity index (χ4v) is 5.47. The van der Waals surface area contributed by atoms with Crippen molar-refractivity contribution in [2.45, 2.75) is 6.61 Å². The highest BCUT2D eigenvalue weighted by Crippen LogP contribution is 2.31. The van der Waals surface area contributed by atoms with Crippen molar-refractivity contribution in [1.29, 1.82) is 0 Å². The summed E-state index contributed by atoms with van der Waals surface area (Å²) in [6.45, 7) is 0.439. The van der Waals surface area contributed by atoms with Crippen LogP contribution >= 0.6 is 61.1 Å². The average Bonchev–Trinajstić information content (AvgIpc) is 3.08.